The zero-order valence-corrected chi connectivity index (χ0v) is 13.3. The molecule has 2 aliphatic rings. The minimum absolute atomic E-state index is 0.0309. The Balaban J connectivity index is 1.58. The largest absolute Gasteiger partial charge is 0.367 e. The normalized spacial score (nSPS) is 24.6. The third-order valence-electron chi connectivity index (χ3n) is 4.46. The van der Waals surface area contributed by atoms with Crippen LogP contribution in [0.15, 0.2) is 12.1 Å². The van der Waals surface area contributed by atoms with Crippen molar-refractivity contribution in [1.82, 2.24) is 9.88 Å². The Morgan fingerprint density at radius 3 is 2.43 bits per heavy atom. The SMILES string of the molecule is N#Cc1nc(NC2CCC(N3C(=O)CCC3=O)CC2)ccc1Cl. The molecule has 0 atom stereocenters. The van der Waals surface area contributed by atoms with Crippen LogP contribution in [0.3, 0.4) is 0 Å². The molecular weight excluding hydrogens is 316 g/mol. The maximum Gasteiger partial charge on any atom is 0.229 e. The second-order valence-corrected chi connectivity index (χ2v) is 6.35. The number of likely N-dealkylation sites (tertiary alicyclic amines) is 1. The van der Waals surface area contributed by atoms with Crippen LogP contribution in [0.2, 0.25) is 5.02 Å². The van der Waals surface area contributed by atoms with Gasteiger partial charge in [-0.3, -0.25) is 14.5 Å². The molecule has 2 fully saturated rings. The zero-order chi connectivity index (χ0) is 16.4. The Hall–Kier alpha value is -2.13. The van der Waals surface area contributed by atoms with Gasteiger partial charge in [0.05, 0.1) is 5.02 Å². The van der Waals surface area contributed by atoms with E-state index in [1.165, 1.54) is 4.90 Å². The lowest BCUT2D eigenvalue weighted by Crippen LogP contribution is -2.43. The van der Waals surface area contributed by atoms with Crippen molar-refractivity contribution in [2.75, 3.05) is 5.32 Å². The Bertz CT molecular complexity index is 661. The third-order valence-corrected chi connectivity index (χ3v) is 4.76. The molecule has 1 aromatic rings. The van der Waals surface area contributed by atoms with E-state index in [-0.39, 0.29) is 29.6 Å². The average molecular weight is 333 g/mol. The standard InChI is InChI=1S/C16H17ClN4O2/c17-12-5-6-14(20-13(12)9-18)19-10-1-3-11(4-2-10)21-15(22)7-8-16(21)23/h5-6,10-11H,1-4,7-8H2,(H,19,20). The van der Waals surface area contributed by atoms with E-state index in [0.717, 1.165) is 25.7 Å². The van der Waals surface area contributed by atoms with Gasteiger partial charge in [0.15, 0.2) is 5.69 Å². The van der Waals surface area contributed by atoms with Crippen molar-refractivity contribution in [2.24, 2.45) is 0 Å². The predicted molar refractivity (Wildman–Crippen MR) is 84.7 cm³/mol. The monoisotopic (exact) mass is 332 g/mol. The molecule has 3 rings (SSSR count). The van der Waals surface area contributed by atoms with E-state index >= 15 is 0 Å². The van der Waals surface area contributed by atoms with Gasteiger partial charge in [0, 0.05) is 24.9 Å². The van der Waals surface area contributed by atoms with Crippen LogP contribution < -0.4 is 5.32 Å². The van der Waals surface area contributed by atoms with Crippen LogP contribution in [0.5, 0.6) is 0 Å². The van der Waals surface area contributed by atoms with Crippen LogP contribution in [0.4, 0.5) is 5.82 Å². The summed E-state index contributed by atoms with van der Waals surface area (Å²) >= 11 is 5.88. The van der Waals surface area contributed by atoms with Gasteiger partial charge < -0.3 is 5.32 Å². The summed E-state index contributed by atoms with van der Waals surface area (Å²) in [6.07, 6.45) is 4.01. The summed E-state index contributed by atoms with van der Waals surface area (Å²) in [4.78, 5) is 29.2. The summed E-state index contributed by atoms with van der Waals surface area (Å²) in [6, 6.07) is 5.62. The first-order valence-corrected chi connectivity index (χ1v) is 8.14. The van der Waals surface area contributed by atoms with Crippen molar-refractivity contribution >= 4 is 29.2 Å². The molecule has 0 radical (unpaired) electrons. The van der Waals surface area contributed by atoms with Crippen LogP contribution in [0.1, 0.15) is 44.2 Å². The van der Waals surface area contributed by atoms with Crippen LogP contribution >= 0.6 is 11.6 Å². The van der Waals surface area contributed by atoms with Gasteiger partial charge in [0.25, 0.3) is 0 Å². The van der Waals surface area contributed by atoms with Crippen molar-refractivity contribution in [2.45, 2.75) is 50.6 Å². The molecule has 23 heavy (non-hydrogen) atoms. The third kappa shape index (κ3) is 3.30. The number of carbonyl (C=O) groups is 2. The van der Waals surface area contributed by atoms with Crippen LogP contribution in [-0.4, -0.2) is 33.8 Å². The molecule has 2 amide bonds. The molecule has 1 saturated heterocycles. The fraction of sp³-hybridized carbons (Fsp3) is 0.500. The summed E-state index contributed by atoms with van der Waals surface area (Å²) in [5.41, 5.74) is 0.207. The fourth-order valence-corrected chi connectivity index (χ4v) is 3.44. The number of pyridine rings is 1. The second-order valence-electron chi connectivity index (χ2n) is 5.95. The molecule has 2 heterocycles. The quantitative estimate of drug-likeness (QED) is 0.859. The number of hydrogen-bond donors (Lipinski definition) is 1. The number of hydrogen-bond acceptors (Lipinski definition) is 5. The second kappa shape index (κ2) is 6.55. The molecule has 6 nitrogen and oxygen atoms in total. The highest BCUT2D eigenvalue weighted by Gasteiger charge is 2.36. The van der Waals surface area contributed by atoms with Crippen molar-refractivity contribution in [3.05, 3.63) is 22.8 Å². The molecular formula is C16H17ClN4O2. The Morgan fingerprint density at radius 2 is 1.83 bits per heavy atom. The number of halogens is 1. The van der Waals surface area contributed by atoms with E-state index < -0.39 is 0 Å². The highest BCUT2D eigenvalue weighted by atomic mass is 35.5. The Morgan fingerprint density at radius 1 is 1.17 bits per heavy atom. The van der Waals surface area contributed by atoms with Gasteiger partial charge in [-0.05, 0) is 37.8 Å². The van der Waals surface area contributed by atoms with Gasteiger partial charge in [0.2, 0.25) is 11.8 Å². The maximum atomic E-state index is 11.8. The number of nitrogens with one attached hydrogen (secondary N) is 1. The maximum absolute atomic E-state index is 11.8. The van der Waals surface area contributed by atoms with E-state index in [0.29, 0.717) is 23.7 Å². The van der Waals surface area contributed by atoms with E-state index in [2.05, 4.69) is 10.3 Å². The lowest BCUT2D eigenvalue weighted by molar-refractivity contribution is -0.141. The first kappa shape index (κ1) is 15.8. The Kier molecular flexibility index (Phi) is 4.49. The van der Waals surface area contributed by atoms with Crippen LogP contribution in [0, 0.1) is 11.3 Å². The number of anilines is 1. The number of carbonyl (C=O) groups excluding carboxylic acids is 2. The topological polar surface area (TPSA) is 86.1 Å². The summed E-state index contributed by atoms with van der Waals surface area (Å²) in [6.45, 7) is 0. The molecule has 7 heteroatoms. The molecule has 1 aromatic heterocycles. The van der Waals surface area contributed by atoms with Crippen molar-refractivity contribution in [3.63, 3.8) is 0 Å². The van der Waals surface area contributed by atoms with Gasteiger partial charge in [0.1, 0.15) is 11.9 Å². The summed E-state index contributed by atoms with van der Waals surface area (Å²) in [5.74, 6) is 0.552. The highest BCUT2D eigenvalue weighted by Crippen LogP contribution is 2.29. The molecule has 1 N–H and O–H groups in total. The van der Waals surface area contributed by atoms with Crippen molar-refractivity contribution < 1.29 is 9.59 Å². The zero-order valence-electron chi connectivity index (χ0n) is 12.6. The van der Waals surface area contributed by atoms with Crippen LogP contribution in [0.25, 0.3) is 0 Å². The van der Waals surface area contributed by atoms with Gasteiger partial charge in [-0.15, -0.1) is 0 Å². The molecule has 0 spiro atoms. The minimum Gasteiger partial charge on any atom is -0.367 e. The highest BCUT2D eigenvalue weighted by molar-refractivity contribution is 6.31. The first-order chi connectivity index (χ1) is 11.1. The predicted octanol–water partition coefficient (Wildman–Crippen LogP) is 2.48. The lowest BCUT2D eigenvalue weighted by Gasteiger charge is -2.34. The number of amides is 2. The van der Waals surface area contributed by atoms with E-state index in [9.17, 15) is 9.59 Å². The van der Waals surface area contributed by atoms with Crippen LogP contribution in [-0.2, 0) is 9.59 Å². The fourth-order valence-electron chi connectivity index (χ4n) is 3.29. The van der Waals surface area contributed by atoms with E-state index in [4.69, 9.17) is 16.9 Å². The smallest absolute Gasteiger partial charge is 0.229 e. The number of rotatable bonds is 3. The van der Waals surface area contributed by atoms with Crippen molar-refractivity contribution in [1.29, 1.82) is 5.26 Å². The Labute approximate surface area is 139 Å². The molecule has 1 aliphatic carbocycles. The lowest BCUT2D eigenvalue weighted by atomic mass is 9.90. The van der Waals surface area contributed by atoms with Gasteiger partial charge >= 0.3 is 0 Å². The average Bonchev–Trinajstić information content (AvgIpc) is 2.89. The first-order valence-electron chi connectivity index (χ1n) is 7.76. The van der Waals surface area contributed by atoms with Gasteiger partial charge in [-0.2, -0.15) is 5.26 Å². The number of nitriles is 1. The van der Waals surface area contributed by atoms with E-state index in [1.807, 2.05) is 6.07 Å². The van der Waals surface area contributed by atoms with Gasteiger partial charge in [-0.25, -0.2) is 4.98 Å². The summed E-state index contributed by atoms with van der Waals surface area (Å²) in [7, 11) is 0. The van der Waals surface area contributed by atoms with Crippen molar-refractivity contribution in [3.8, 4) is 6.07 Å². The minimum atomic E-state index is -0.0376. The molecule has 120 valence electrons. The number of imide groups is 1. The number of nitrogens with zero attached hydrogens (tertiary/aromatic N) is 3. The molecule has 0 bridgehead atoms. The summed E-state index contributed by atoms with van der Waals surface area (Å²) < 4.78 is 0. The number of aromatic nitrogens is 1. The molecule has 0 aromatic carbocycles. The molecule has 0 unspecified atom stereocenters. The molecule has 1 saturated carbocycles. The molecule has 1 aliphatic heterocycles. The summed E-state index contributed by atoms with van der Waals surface area (Å²) in [5, 5.41) is 12.6. The van der Waals surface area contributed by atoms with Gasteiger partial charge in [-0.1, -0.05) is 11.6 Å². The van der Waals surface area contributed by atoms with E-state index in [1.54, 1.807) is 12.1 Å².